The third-order valence-corrected chi connectivity index (χ3v) is 11.8. The van der Waals surface area contributed by atoms with Gasteiger partial charge in [-0.05, 0) is 32.2 Å². The number of esters is 1. The average molecular weight is 724 g/mol. The Hall–Kier alpha value is -0.475. The van der Waals surface area contributed by atoms with Crippen molar-refractivity contribution in [3.63, 3.8) is 0 Å². The van der Waals surface area contributed by atoms with Crippen LogP contribution in [0.15, 0.2) is 0 Å². The Balaban J connectivity index is 2.92. The van der Waals surface area contributed by atoms with Crippen molar-refractivity contribution in [2.45, 2.75) is 58.7 Å². The van der Waals surface area contributed by atoms with Gasteiger partial charge in [0.05, 0.1) is 19.8 Å². The lowest BCUT2D eigenvalue weighted by molar-refractivity contribution is -0.164. The van der Waals surface area contributed by atoms with Crippen molar-refractivity contribution in [1.82, 2.24) is 5.32 Å². The molecule has 7 N–H and O–H groups in total. The second-order valence-electron chi connectivity index (χ2n) is 10.8. The van der Waals surface area contributed by atoms with Gasteiger partial charge in [0.15, 0.2) is 6.45 Å². The minimum Gasteiger partial charge on any atom is -0.459 e. The van der Waals surface area contributed by atoms with E-state index in [-0.39, 0.29) is 20.3 Å². The number of ether oxygens (including phenoxy) is 3. The molecule has 17 nitrogen and oxygen atoms in total. The normalized spacial score (nSPS) is 21.6. The van der Waals surface area contributed by atoms with Gasteiger partial charge < -0.3 is 39.5 Å². The van der Waals surface area contributed by atoms with Crippen LogP contribution in [0.5, 0.6) is 0 Å². The summed E-state index contributed by atoms with van der Waals surface area (Å²) >= 11 is 0. The molecule has 0 aliphatic carbocycles. The molecule has 0 aromatic carbocycles. The number of carbonyl (C=O) groups excluding carboxylic acids is 2. The Kier molecular flexibility index (Phi) is 17.2. The van der Waals surface area contributed by atoms with Crippen LogP contribution in [0.25, 0.3) is 0 Å². The molecule has 1 heterocycles. The fourth-order valence-corrected chi connectivity index (χ4v) is 8.44. The third-order valence-electron chi connectivity index (χ3n) is 5.56. The number of carbonyl (C=O) groups is 2. The summed E-state index contributed by atoms with van der Waals surface area (Å²) in [7, 11) is -11.5. The van der Waals surface area contributed by atoms with Gasteiger partial charge in [-0.1, -0.05) is 13.8 Å². The lowest BCUT2D eigenvalue weighted by Gasteiger charge is -2.33. The van der Waals surface area contributed by atoms with Gasteiger partial charge in [-0.25, -0.2) is 18.5 Å². The molecule has 0 aromatic heterocycles. The van der Waals surface area contributed by atoms with E-state index in [1.54, 1.807) is 35.3 Å². The van der Waals surface area contributed by atoms with Crippen LogP contribution in [0, 0.1) is 22.7 Å². The molecule has 5 atom stereocenters. The number of alkyl carbamates (subject to hydrolysis) is 1. The van der Waals surface area contributed by atoms with Crippen LogP contribution >= 0.6 is 44.9 Å². The second-order valence-corrected chi connectivity index (χ2v) is 18.1. The molecule has 250 valence electrons. The van der Waals surface area contributed by atoms with Crippen molar-refractivity contribution in [2.75, 3.05) is 25.5 Å². The van der Waals surface area contributed by atoms with Crippen molar-refractivity contribution in [2.24, 2.45) is 16.6 Å². The third kappa shape index (κ3) is 17.4. The van der Waals surface area contributed by atoms with E-state index < -0.39 is 71.2 Å². The van der Waals surface area contributed by atoms with Gasteiger partial charge in [0, 0.05) is 24.2 Å². The van der Waals surface area contributed by atoms with Crippen LogP contribution in [0.1, 0.15) is 40.5 Å². The highest BCUT2D eigenvalue weighted by Gasteiger charge is 2.45. The quantitative estimate of drug-likeness (QED) is 0.0209. The number of phosphoric acid groups is 3. The molecule has 0 radical (unpaired) electrons. The molecule has 1 saturated heterocycles. The highest BCUT2D eigenvalue weighted by molar-refractivity contribution is 8.86. The monoisotopic (exact) mass is 724 g/mol. The van der Waals surface area contributed by atoms with E-state index in [0.29, 0.717) is 18.7 Å². The van der Waals surface area contributed by atoms with Crippen molar-refractivity contribution in [3.05, 3.63) is 0 Å². The first-order chi connectivity index (χ1) is 20.1. The molecule has 25 heteroatoms. The van der Waals surface area contributed by atoms with E-state index in [9.17, 15) is 33.1 Å². The molecule has 0 bridgehead atoms. The summed E-state index contributed by atoms with van der Waals surface area (Å²) in [4.78, 5) is 61.5. The first kappa shape index (κ1) is 41.5. The van der Waals surface area contributed by atoms with Gasteiger partial charge in [-0.2, -0.15) is 19.3 Å². The molecule has 1 rings (SSSR count). The lowest BCUT2D eigenvalue weighted by Crippen LogP contribution is -2.39. The van der Waals surface area contributed by atoms with Gasteiger partial charge in [0.25, 0.3) is 0 Å². The fourth-order valence-electron chi connectivity index (χ4n) is 3.92. The zero-order valence-electron chi connectivity index (χ0n) is 24.9. The Morgan fingerprint density at radius 3 is 2.39 bits per heavy atom. The van der Waals surface area contributed by atoms with Crippen LogP contribution in [0.2, 0.25) is 0 Å². The molecule has 0 spiro atoms. The second kappa shape index (κ2) is 18.2. The molecule has 3 unspecified atom stereocenters. The number of hydrogen-bond acceptors (Lipinski definition) is 14. The summed E-state index contributed by atoms with van der Waals surface area (Å²) in [6.07, 6.45) is -1.65. The first-order valence-corrected chi connectivity index (χ1v) is 20.1. The van der Waals surface area contributed by atoms with Gasteiger partial charge >= 0.3 is 35.5 Å². The summed E-state index contributed by atoms with van der Waals surface area (Å²) in [5, 5.41) is 2.26. The van der Waals surface area contributed by atoms with Gasteiger partial charge in [0.1, 0.15) is 18.8 Å². The van der Waals surface area contributed by atoms with Crippen LogP contribution < -0.4 is 11.1 Å². The molecular formula is C19H38B3N2O15P3S2. The SMILES string of the molecule is BBSSCCOC(=O)NC#CB[C@H]1C[C@@H](OC(=O)C(C)(C)CC(C)(C)CN)C(COP(=O)(O)OP(=O)(O)OP(=O)(O)O)O1. The molecule has 1 aliphatic heterocycles. The number of phosphoric ester groups is 1. The molecule has 0 aromatic rings. The summed E-state index contributed by atoms with van der Waals surface area (Å²) in [5.41, 5.74) is 4.41. The van der Waals surface area contributed by atoms with E-state index in [4.69, 9.17) is 34.3 Å². The zero-order valence-corrected chi connectivity index (χ0v) is 29.2. The Morgan fingerprint density at radius 2 is 1.80 bits per heavy atom. The van der Waals surface area contributed by atoms with Gasteiger partial charge in [0.2, 0.25) is 7.28 Å². The summed E-state index contributed by atoms with van der Waals surface area (Å²) < 4.78 is 63.3. The predicted octanol–water partition coefficient (Wildman–Crippen LogP) is 0.120. The van der Waals surface area contributed by atoms with E-state index in [0.717, 1.165) is 6.45 Å². The van der Waals surface area contributed by atoms with Crippen LogP contribution in [-0.4, -0.2) is 96.8 Å². The van der Waals surface area contributed by atoms with Crippen LogP contribution in [0.4, 0.5) is 4.79 Å². The maximum Gasteiger partial charge on any atom is 0.490 e. The maximum atomic E-state index is 13.1. The Labute approximate surface area is 266 Å². The molecule has 1 aliphatic rings. The summed E-state index contributed by atoms with van der Waals surface area (Å²) in [6.45, 7) is 6.78. The van der Waals surface area contributed by atoms with Crippen LogP contribution in [-0.2, 0) is 45.8 Å². The Bertz CT molecular complexity index is 1190. The molecular weight excluding hydrogens is 686 g/mol. The minimum absolute atomic E-state index is 0.0205. The van der Waals surface area contributed by atoms with E-state index >= 15 is 0 Å². The largest absolute Gasteiger partial charge is 0.490 e. The maximum absolute atomic E-state index is 13.1. The van der Waals surface area contributed by atoms with Gasteiger partial charge in [-0.15, -0.1) is 16.6 Å². The molecule has 1 amide bonds. The number of hydrogen-bond donors (Lipinski definition) is 6. The Morgan fingerprint density at radius 1 is 1.14 bits per heavy atom. The summed E-state index contributed by atoms with van der Waals surface area (Å²) in [5.74, 6) is 2.66. The molecule has 1 fully saturated rings. The number of amides is 1. The number of rotatable bonds is 18. The first-order valence-electron chi connectivity index (χ1n) is 13.1. The van der Waals surface area contributed by atoms with Crippen molar-refractivity contribution in [1.29, 1.82) is 0 Å². The van der Waals surface area contributed by atoms with E-state index in [1.165, 1.54) is 0 Å². The lowest BCUT2D eigenvalue weighted by atomic mass is 9.71. The van der Waals surface area contributed by atoms with Crippen molar-refractivity contribution >= 4 is 78.4 Å². The van der Waals surface area contributed by atoms with Gasteiger partial charge in [-0.3, -0.25) is 14.6 Å². The highest BCUT2D eigenvalue weighted by Crippen LogP contribution is 2.66. The van der Waals surface area contributed by atoms with E-state index in [1.807, 2.05) is 21.6 Å². The number of nitrogens with two attached hydrogens (primary N) is 1. The average Bonchev–Trinajstić information content (AvgIpc) is 3.23. The minimum atomic E-state index is -5.73. The van der Waals surface area contributed by atoms with E-state index in [2.05, 4.69) is 25.8 Å². The smallest absolute Gasteiger partial charge is 0.459 e. The molecule has 0 saturated carbocycles. The topological polar surface area (TPSA) is 260 Å². The summed E-state index contributed by atoms with van der Waals surface area (Å²) in [6, 6.07) is 1.72. The zero-order chi connectivity index (χ0) is 33.8. The van der Waals surface area contributed by atoms with Crippen LogP contribution in [0.3, 0.4) is 0 Å². The highest BCUT2D eigenvalue weighted by atomic mass is 33.1. The van der Waals surface area contributed by atoms with Crippen molar-refractivity contribution in [3.8, 4) is 11.9 Å². The fraction of sp³-hybridized carbons (Fsp3) is 0.789. The standard InChI is InChI=1S/C19H38B3N2O15P3S2/c1-18(2,12-23)11-19(3,4)16(25)37-13-9-15(21-5-6-24-17(26)34-7-8-43-44-22-20)36-14(13)10-35-41(30,31)39-42(32,33)38-40(27,28)29/h13-15,21-22H,7-12,20,23H2,1-4H3,(H,24,26)(H,30,31)(H,32,33)(H2,27,28,29)/t13-,14?,15-/m1/s1. The number of nitrogens with one attached hydrogen (secondary N) is 1. The van der Waals surface area contributed by atoms with Crippen molar-refractivity contribution < 1.29 is 70.2 Å². The predicted molar refractivity (Wildman–Crippen MR) is 169 cm³/mol. The molecule has 44 heavy (non-hydrogen) atoms.